The van der Waals surface area contributed by atoms with Crippen molar-refractivity contribution >= 4 is 11.9 Å². The van der Waals surface area contributed by atoms with Crippen LogP contribution in [0.2, 0.25) is 0 Å². The molecule has 3 aliphatic rings. The van der Waals surface area contributed by atoms with Crippen molar-refractivity contribution < 1.29 is 14.3 Å². The topological polar surface area (TPSA) is 55.4 Å². The van der Waals surface area contributed by atoms with Gasteiger partial charge in [0.25, 0.3) is 0 Å². The predicted octanol–water partition coefficient (Wildman–Crippen LogP) is 1.24. The number of hydrogen-bond donors (Lipinski definition) is 1. The van der Waals surface area contributed by atoms with Crippen molar-refractivity contribution in [2.75, 3.05) is 0 Å². The molecule has 4 heteroatoms. The van der Waals surface area contributed by atoms with Crippen LogP contribution in [-0.4, -0.2) is 24.0 Å². The normalized spacial score (nSPS) is 43.8. The van der Waals surface area contributed by atoms with Gasteiger partial charge in [0.15, 0.2) is 0 Å². The molecule has 3 rings (SSSR count). The zero-order valence-electron chi connectivity index (χ0n) is 10.1. The van der Waals surface area contributed by atoms with Crippen molar-refractivity contribution in [2.45, 2.75) is 51.2 Å². The standard InChI is InChI=1S/C13H19NO3/c1-7-11(6-12(15)17-7)14-13(16)10-5-8-2-3-9(10)4-8/h7-11H,2-6H2,1H3,(H,14,16)/t7?,8-,9+,10?,11?/m1/s1. The van der Waals surface area contributed by atoms with E-state index in [2.05, 4.69) is 5.32 Å². The van der Waals surface area contributed by atoms with Crippen LogP contribution in [0.1, 0.15) is 39.0 Å². The fraction of sp³-hybridized carbons (Fsp3) is 0.846. The number of amides is 1. The number of rotatable bonds is 2. The van der Waals surface area contributed by atoms with E-state index in [0.717, 1.165) is 12.3 Å². The van der Waals surface area contributed by atoms with Gasteiger partial charge >= 0.3 is 5.97 Å². The summed E-state index contributed by atoms with van der Waals surface area (Å²) in [4.78, 5) is 23.3. The third-order valence-corrected chi connectivity index (χ3v) is 4.67. The van der Waals surface area contributed by atoms with Gasteiger partial charge < -0.3 is 10.1 Å². The lowest BCUT2D eigenvalue weighted by atomic mass is 9.88. The molecule has 2 aliphatic carbocycles. The average molecular weight is 237 g/mol. The van der Waals surface area contributed by atoms with Crippen LogP contribution >= 0.6 is 0 Å². The van der Waals surface area contributed by atoms with Crippen LogP contribution < -0.4 is 5.32 Å². The fourth-order valence-electron chi connectivity index (χ4n) is 3.71. The van der Waals surface area contributed by atoms with E-state index >= 15 is 0 Å². The summed E-state index contributed by atoms with van der Waals surface area (Å²) < 4.78 is 5.05. The third-order valence-electron chi connectivity index (χ3n) is 4.67. The maximum Gasteiger partial charge on any atom is 0.308 e. The molecule has 1 aliphatic heterocycles. The largest absolute Gasteiger partial charge is 0.460 e. The molecule has 0 aromatic heterocycles. The average Bonchev–Trinajstić information content (AvgIpc) is 2.94. The molecular weight excluding hydrogens is 218 g/mol. The van der Waals surface area contributed by atoms with Crippen LogP contribution in [0, 0.1) is 17.8 Å². The summed E-state index contributed by atoms with van der Waals surface area (Å²) in [6.07, 6.45) is 4.94. The number of cyclic esters (lactones) is 1. The number of esters is 1. The molecule has 1 saturated heterocycles. The molecule has 0 radical (unpaired) electrons. The summed E-state index contributed by atoms with van der Waals surface area (Å²) in [7, 11) is 0. The Kier molecular flexibility index (Phi) is 2.60. The summed E-state index contributed by atoms with van der Waals surface area (Å²) in [5.74, 6) is 1.50. The molecule has 4 nitrogen and oxygen atoms in total. The summed E-state index contributed by atoms with van der Waals surface area (Å²) in [6.45, 7) is 1.84. The number of nitrogens with one attached hydrogen (secondary N) is 1. The van der Waals surface area contributed by atoms with Crippen molar-refractivity contribution in [3.63, 3.8) is 0 Å². The van der Waals surface area contributed by atoms with Gasteiger partial charge in [0.1, 0.15) is 6.10 Å². The van der Waals surface area contributed by atoms with Gasteiger partial charge in [-0.3, -0.25) is 9.59 Å². The second-order valence-electron chi connectivity index (χ2n) is 5.80. The van der Waals surface area contributed by atoms with E-state index < -0.39 is 0 Å². The van der Waals surface area contributed by atoms with E-state index in [4.69, 9.17) is 4.74 Å². The Bertz CT molecular complexity index is 355. The Morgan fingerprint density at radius 3 is 2.71 bits per heavy atom. The fourth-order valence-corrected chi connectivity index (χ4v) is 3.71. The molecular formula is C13H19NO3. The van der Waals surface area contributed by atoms with Crippen molar-refractivity contribution in [2.24, 2.45) is 17.8 Å². The smallest absolute Gasteiger partial charge is 0.308 e. The van der Waals surface area contributed by atoms with Crippen LogP contribution in [0.5, 0.6) is 0 Å². The molecule has 0 aromatic rings. The molecule has 2 saturated carbocycles. The second kappa shape index (κ2) is 4.00. The second-order valence-corrected chi connectivity index (χ2v) is 5.80. The first-order valence-corrected chi connectivity index (χ1v) is 6.63. The van der Waals surface area contributed by atoms with Crippen molar-refractivity contribution in [3.8, 4) is 0 Å². The van der Waals surface area contributed by atoms with Crippen molar-refractivity contribution in [1.29, 1.82) is 0 Å². The number of fused-ring (bicyclic) bond motifs is 2. The molecule has 17 heavy (non-hydrogen) atoms. The maximum atomic E-state index is 12.2. The summed E-state index contributed by atoms with van der Waals surface area (Å²) in [5, 5.41) is 3.00. The molecule has 1 amide bonds. The molecule has 0 spiro atoms. The van der Waals surface area contributed by atoms with E-state index in [1.807, 2.05) is 6.92 Å². The van der Waals surface area contributed by atoms with Crippen molar-refractivity contribution in [1.82, 2.24) is 5.32 Å². The van der Waals surface area contributed by atoms with Gasteiger partial charge in [0, 0.05) is 5.92 Å². The zero-order chi connectivity index (χ0) is 12.0. The summed E-state index contributed by atoms with van der Waals surface area (Å²) in [6, 6.07) is -0.117. The summed E-state index contributed by atoms with van der Waals surface area (Å²) >= 11 is 0. The maximum absolute atomic E-state index is 12.2. The van der Waals surface area contributed by atoms with E-state index in [0.29, 0.717) is 12.3 Å². The summed E-state index contributed by atoms with van der Waals surface area (Å²) in [5.41, 5.74) is 0. The number of carbonyl (C=O) groups is 2. The highest BCUT2D eigenvalue weighted by molar-refractivity contribution is 5.81. The highest BCUT2D eigenvalue weighted by atomic mass is 16.6. The SMILES string of the molecule is CC1OC(=O)CC1NC(=O)C1C[C@@H]2CC[C@H]1C2. The Hall–Kier alpha value is -1.06. The van der Waals surface area contributed by atoms with E-state index in [1.54, 1.807) is 0 Å². The van der Waals surface area contributed by atoms with E-state index in [9.17, 15) is 9.59 Å². The van der Waals surface area contributed by atoms with E-state index in [1.165, 1.54) is 19.3 Å². The molecule has 1 heterocycles. The molecule has 94 valence electrons. The molecule has 3 fully saturated rings. The van der Waals surface area contributed by atoms with Crippen molar-refractivity contribution in [3.05, 3.63) is 0 Å². The van der Waals surface area contributed by atoms with Gasteiger partial charge in [-0.25, -0.2) is 0 Å². The molecule has 0 aromatic carbocycles. The number of carbonyl (C=O) groups excluding carboxylic acids is 2. The van der Waals surface area contributed by atoms with Gasteiger partial charge in [-0.05, 0) is 38.0 Å². The minimum Gasteiger partial charge on any atom is -0.460 e. The Labute approximate surface area is 101 Å². The van der Waals surface area contributed by atoms with Gasteiger partial charge in [-0.2, -0.15) is 0 Å². The minimum atomic E-state index is -0.198. The number of ether oxygens (including phenoxy) is 1. The molecule has 3 unspecified atom stereocenters. The first kappa shape index (κ1) is 11.1. The highest BCUT2D eigenvalue weighted by Gasteiger charge is 2.44. The quantitative estimate of drug-likeness (QED) is 0.735. The van der Waals surface area contributed by atoms with Crippen LogP contribution in [0.25, 0.3) is 0 Å². The number of hydrogen-bond acceptors (Lipinski definition) is 3. The lowest BCUT2D eigenvalue weighted by molar-refractivity contribution is -0.141. The minimum absolute atomic E-state index is 0.117. The van der Waals surface area contributed by atoms with Crippen LogP contribution in [0.15, 0.2) is 0 Å². The zero-order valence-corrected chi connectivity index (χ0v) is 10.1. The lowest BCUT2D eigenvalue weighted by Crippen LogP contribution is -2.43. The predicted molar refractivity (Wildman–Crippen MR) is 61.0 cm³/mol. The van der Waals surface area contributed by atoms with Crippen LogP contribution in [0.3, 0.4) is 0 Å². The van der Waals surface area contributed by atoms with Gasteiger partial charge in [-0.15, -0.1) is 0 Å². The molecule has 1 N–H and O–H groups in total. The monoisotopic (exact) mass is 237 g/mol. The Morgan fingerprint density at radius 2 is 2.18 bits per heavy atom. The lowest BCUT2D eigenvalue weighted by Gasteiger charge is -2.23. The third kappa shape index (κ3) is 1.94. The molecule has 2 bridgehead atoms. The first-order valence-electron chi connectivity index (χ1n) is 6.63. The molecule has 5 atom stereocenters. The Balaban J connectivity index is 1.59. The van der Waals surface area contributed by atoms with Gasteiger partial charge in [0.2, 0.25) is 5.91 Å². The first-order chi connectivity index (χ1) is 8.13. The van der Waals surface area contributed by atoms with Crippen LogP contribution in [-0.2, 0) is 14.3 Å². The highest BCUT2D eigenvalue weighted by Crippen LogP contribution is 2.48. The Morgan fingerprint density at radius 1 is 1.35 bits per heavy atom. The van der Waals surface area contributed by atoms with Gasteiger partial charge in [-0.1, -0.05) is 6.42 Å². The van der Waals surface area contributed by atoms with E-state index in [-0.39, 0.29) is 29.9 Å². The van der Waals surface area contributed by atoms with Crippen LogP contribution in [0.4, 0.5) is 0 Å². The van der Waals surface area contributed by atoms with Gasteiger partial charge in [0.05, 0.1) is 12.5 Å².